The molecule has 1 aromatic carbocycles. The first-order chi connectivity index (χ1) is 15.5. The molecule has 32 heavy (non-hydrogen) atoms. The van der Waals surface area contributed by atoms with E-state index in [4.69, 9.17) is 0 Å². The molecule has 2 aromatic heterocycles. The Morgan fingerprint density at radius 1 is 1.09 bits per heavy atom. The van der Waals surface area contributed by atoms with Crippen molar-refractivity contribution in [1.29, 1.82) is 0 Å². The quantitative estimate of drug-likeness (QED) is 0.605. The first-order valence-electron chi connectivity index (χ1n) is 10.5. The number of aromatic nitrogens is 3. The van der Waals surface area contributed by atoms with Gasteiger partial charge < -0.3 is 10.6 Å². The Morgan fingerprint density at radius 3 is 2.59 bits per heavy atom. The van der Waals surface area contributed by atoms with Gasteiger partial charge in [-0.25, -0.2) is 23.7 Å². The highest BCUT2D eigenvalue weighted by atomic mass is 19.1. The monoisotopic (exact) mass is 438 g/mol. The van der Waals surface area contributed by atoms with Crippen LogP contribution in [0.1, 0.15) is 30.3 Å². The molecule has 1 aliphatic rings. The third-order valence-electron chi connectivity index (χ3n) is 5.36. The number of rotatable bonds is 6. The van der Waals surface area contributed by atoms with Crippen LogP contribution in [-0.2, 0) is 4.79 Å². The number of hydrogen-bond acceptors (Lipinski definition) is 6. The predicted molar refractivity (Wildman–Crippen MR) is 118 cm³/mol. The number of pyridine rings is 1. The lowest BCUT2D eigenvalue weighted by Gasteiger charge is -2.31. The lowest BCUT2D eigenvalue weighted by Crippen LogP contribution is -2.39. The molecule has 4 rings (SSSR count). The van der Waals surface area contributed by atoms with E-state index in [2.05, 4.69) is 30.5 Å². The Kier molecular flexibility index (Phi) is 6.65. The van der Waals surface area contributed by atoms with Gasteiger partial charge in [-0.2, -0.15) is 0 Å². The number of nitrogens with zero attached hydrogens (tertiary/aromatic N) is 4. The van der Waals surface area contributed by atoms with E-state index in [1.54, 1.807) is 24.3 Å². The maximum absolute atomic E-state index is 13.7. The summed E-state index contributed by atoms with van der Waals surface area (Å²) in [7, 11) is 0. The van der Waals surface area contributed by atoms with Gasteiger partial charge in [0.1, 0.15) is 29.1 Å². The van der Waals surface area contributed by atoms with Crippen LogP contribution in [0.25, 0.3) is 0 Å². The van der Waals surface area contributed by atoms with Crippen molar-refractivity contribution >= 4 is 23.2 Å². The highest BCUT2D eigenvalue weighted by molar-refractivity contribution is 5.92. The lowest BCUT2D eigenvalue weighted by molar-refractivity contribution is -0.117. The van der Waals surface area contributed by atoms with Gasteiger partial charge in [-0.15, -0.1) is 0 Å². The number of aryl methyl sites for hydroxylation is 1. The van der Waals surface area contributed by atoms with E-state index in [0.717, 1.165) is 37.8 Å². The van der Waals surface area contributed by atoms with Crippen LogP contribution in [0.15, 0.2) is 48.7 Å². The lowest BCUT2D eigenvalue weighted by atomic mass is 9.93. The first kappa shape index (κ1) is 21.8. The standard InChI is InChI=1S/C23H24F2N6O/c1-15-27-20(12-22(28-15)30-21-7-6-17(24)13-26-21)16-8-10-31(11-9-16)14-23(32)29-19-5-3-2-4-18(19)25/h2-7,12-13,16H,8-11,14H2,1H3,(H,29,32)(H,26,27,28,30). The Morgan fingerprint density at radius 2 is 1.88 bits per heavy atom. The van der Waals surface area contributed by atoms with Crippen LogP contribution in [-0.4, -0.2) is 45.4 Å². The number of piperidine rings is 1. The second-order valence-electron chi connectivity index (χ2n) is 7.79. The Balaban J connectivity index is 1.33. The van der Waals surface area contributed by atoms with E-state index in [0.29, 0.717) is 17.5 Å². The molecule has 0 saturated carbocycles. The first-order valence-corrected chi connectivity index (χ1v) is 10.5. The molecule has 3 heterocycles. The maximum Gasteiger partial charge on any atom is 0.238 e. The van der Waals surface area contributed by atoms with E-state index >= 15 is 0 Å². The molecule has 2 N–H and O–H groups in total. The summed E-state index contributed by atoms with van der Waals surface area (Å²) in [6.45, 7) is 3.52. The van der Waals surface area contributed by atoms with Crippen LogP contribution >= 0.6 is 0 Å². The fourth-order valence-corrected chi connectivity index (χ4v) is 3.79. The normalized spacial score (nSPS) is 14.8. The minimum atomic E-state index is -0.445. The van der Waals surface area contributed by atoms with Crippen molar-refractivity contribution in [2.24, 2.45) is 0 Å². The highest BCUT2D eigenvalue weighted by Crippen LogP contribution is 2.28. The SMILES string of the molecule is Cc1nc(Nc2ccc(F)cn2)cc(C2CCN(CC(=O)Nc3ccccc3F)CC2)n1. The van der Waals surface area contributed by atoms with Gasteiger partial charge in [0, 0.05) is 17.7 Å². The average Bonchev–Trinajstić information content (AvgIpc) is 2.77. The maximum atomic E-state index is 13.7. The Bertz CT molecular complexity index is 1080. The summed E-state index contributed by atoms with van der Waals surface area (Å²) < 4.78 is 26.8. The fraction of sp³-hybridized carbons (Fsp3) is 0.304. The van der Waals surface area contributed by atoms with Gasteiger partial charge in [0.25, 0.3) is 0 Å². The molecule has 0 bridgehead atoms. The van der Waals surface area contributed by atoms with Crippen LogP contribution in [0.5, 0.6) is 0 Å². The van der Waals surface area contributed by atoms with Gasteiger partial charge in [-0.1, -0.05) is 12.1 Å². The zero-order valence-corrected chi connectivity index (χ0v) is 17.7. The number of para-hydroxylation sites is 1. The number of benzene rings is 1. The minimum absolute atomic E-state index is 0.194. The van der Waals surface area contributed by atoms with Crippen LogP contribution in [0.3, 0.4) is 0 Å². The smallest absolute Gasteiger partial charge is 0.238 e. The average molecular weight is 438 g/mol. The van der Waals surface area contributed by atoms with Crippen molar-refractivity contribution in [2.75, 3.05) is 30.3 Å². The number of carbonyl (C=O) groups is 1. The van der Waals surface area contributed by atoms with Crippen molar-refractivity contribution in [2.45, 2.75) is 25.7 Å². The van der Waals surface area contributed by atoms with Crippen molar-refractivity contribution in [3.05, 3.63) is 71.8 Å². The molecular formula is C23H24F2N6O. The second-order valence-corrected chi connectivity index (χ2v) is 7.79. The number of amides is 1. The van der Waals surface area contributed by atoms with Gasteiger partial charge in [-0.3, -0.25) is 9.69 Å². The number of anilines is 3. The topological polar surface area (TPSA) is 83.0 Å². The Hall–Kier alpha value is -3.46. The summed E-state index contributed by atoms with van der Waals surface area (Å²) in [5, 5.41) is 5.72. The molecule has 0 spiro atoms. The van der Waals surface area contributed by atoms with Gasteiger partial charge in [-0.05, 0) is 57.1 Å². The highest BCUT2D eigenvalue weighted by Gasteiger charge is 2.24. The molecule has 0 unspecified atom stereocenters. The molecule has 1 fully saturated rings. The molecule has 0 atom stereocenters. The van der Waals surface area contributed by atoms with E-state index in [1.807, 2.05) is 13.0 Å². The number of hydrogen-bond donors (Lipinski definition) is 2. The zero-order chi connectivity index (χ0) is 22.5. The molecular weight excluding hydrogens is 414 g/mol. The van der Waals surface area contributed by atoms with Crippen LogP contribution < -0.4 is 10.6 Å². The van der Waals surface area contributed by atoms with Gasteiger partial charge in [0.2, 0.25) is 5.91 Å². The van der Waals surface area contributed by atoms with Gasteiger partial charge in [0.05, 0.1) is 18.4 Å². The van der Waals surface area contributed by atoms with Crippen molar-refractivity contribution in [1.82, 2.24) is 19.9 Å². The van der Waals surface area contributed by atoms with Crippen LogP contribution in [0, 0.1) is 18.6 Å². The third-order valence-corrected chi connectivity index (χ3v) is 5.36. The molecule has 7 nitrogen and oxygen atoms in total. The number of halogens is 2. The van der Waals surface area contributed by atoms with E-state index in [9.17, 15) is 13.6 Å². The summed E-state index contributed by atoms with van der Waals surface area (Å²) in [4.78, 5) is 27.3. The number of carbonyl (C=O) groups excluding carboxylic acids is 1. The fourth-order valence-electron chi connectivity index (χ4n) is 3.79. The van der Waals surface area contributed by atoms with Crippen LogP contribution in [0.2, 0.25) is 0 Å². The summed E-state index contributed by atoms with van der Waals surface area (Å²) >= 11 is 0. The molecule has 0 aliphatic carbocycles. The number of likely N-dealkylation sites (tertiary alicyclic amines) is 1. The largest absolute Gasteiger partial charge is 0.325 e. The van der Waals surface area contributed by atoms with Crippen LogP contribution in [0.4, 0.5) is 26.1 Å². The Labute approximate surface area is 184 Å². The molecule has 1 saturated heterocycles. The summed E-state index contributed by atoms with van der Waals surface area (Å²) in [5.74, 6) is 0.917. The predicted octanol–water partition coefficient (Wildman–Crippen LogP) is 4.02. The molecule has 3 aromatic rings. The van der Waals surface area contributed by atoms with Crippen molar-refractivity contribution in [3.8, 4) is 0 Å². The van der Waals surface area contributed by atoms with E-state index < -0.39 is 11.6 Å². The van der Waals surface area contributed by atoms with E-state index in [-0.39, 0.29) is 24.1 Å². The summed E-state index contributed by atoms with van der Waals surface area (Å²) in [6.07, 6.45) is 2.84. The third kappa shape index (κ3) is 5.61. The molecule has 1 aliphatic heterocycles. The summed E-state index contributed by atoms with van der Waals surface area (Å²) in [6, 6.07) is 10.9. The van der Waals surface area contributed by atoms with Gasteiger partial charge >= 0.3 is 0 Å². The van der Waals surface area contributed by atoms with Crippen molar-refractivity contribution in [3.63, 3.8) is 0 Å². The molecule has 166 valence electrons. The minimum Gasteiger partial charge on any atom is -0.325 e. The van der Waals surface area contributed by atoms with Gasteiger partial charge in [0.15, 0.2) is 0 Å². The van der Waals surface area contributed by atoms with E-state index in [1.165, 1.54) is 12.1 Å². The second kappa shape index (κ2) is 9.78. The zero-order valence-electron chi connectivity index (χ0n) is 17.7. The molecule has 9 heteroatoms. The molecule has 0 radical (unpaired) electrons. The number of nitrogens with one attached hydrogen (secondary N) is 2. The van der Waals surface area contributed by atoms with Crippen molar-refractivity contribution < 1.29 is 13.6 Å². The molecule has 1 amide bonds. The summed E-state index contributed by atoms with van der Waals surface area (Å²) in [5.41, 5.74) is 1.12.